The summed E-state index contributed by atoms with van der Waals surface area (Å²) in [5.74, 6) is 0. The second-order valence-corrected chi connectivity index (χ2v) is 3.38. The molecule has 1 saturated heterocycles. The first-order valence-corrected chi connectivity index (χ1v) is 4.82. The summed E-state index contributed by atoms with van der Waals surface area (Å²) in [7, 11) is 0. The van der Waals surface area contributed by atoms with Crippen molar-refractivity contribution in [1.82, 2.24) is 4.90 Å². The minimum atomic E-state index is -0.194. The molecule has 1 heterocycles. The molecular formula is C11H13NO2. The summed E-state index contributed by atoms with van der Waals surface area (Å²) in [6.07, 6.45) is 0.903. The Kier molecular flexibility index (Phi) is 2.68. The van der Waals surface area contributed by atoms with Gasteiger partial charge in [0.25, 0.3) is 0 Å². The zero-order valence-electron chi connectivity index (χ0n) is 7.98. The van der Waals surface area contributed by atoms with Crippen LogP contribution in [0.3, 0.4) is 0 Å². The number of rotatable bonds is 2. The van der Waals surface area contributed by atoms with Crippen LogP contribution in [0.15, 0.2) is 30.3 Å². The molecule has 1 aliphatic rings. The molecule has 1 amide bonds. The second kappa shape index (κ2) is 4.13. The third kappa shape index (κ3) is 2.05. The molecule has 0 bridgehead atoms. The fraction of sp³-hybridized carbons (Fsp3) is 0.364. The third-order valence-corrected chi connectivity index (χ3v) is 2.32. The van der Waals surface area contributed by atoms with Gasteiger partial charge in [-0.3, -0.25) is 0 Å². The van der Waals surface area contributed by atoms with E-state index in [4.69, 9.17) is 4.74 Å². The van der Waals surface area contributed by atoms with Gasteiger partial charge in [-0.2, -0.15) is 0 Å². The van der Waals surface area contributed by atoms with Crippen molar-refractivity contribution in [2.45, 2.75) is 13.0 Å². The van der Waals surface area contributed by atoms with Gasteiger partial charge in [-0.25, -0.2) is 4.79 Å². The number of carbonyl (C=O) groups excluding carboxylic acids is 1. The van der Waals surface area contributed by atoms with Crippen LogP contribution in [-0.2, 0) is 11.3 Å². The van der Waals surface area contributed by atoms with Crippen molar-refractivity contribution in [2.24, 2.45) is 0 Å². The summed E-state index contributed by atoms with van der Waals surface area (Å²) in [6, 6.07) is 9.72. The maximum absolute atomic E-state index is 11.3. The summed E-state index contributed by atoms with van der Waals surface area (Å²) in [5.41, 5.74) is 1.03. The molecule has 14 heavy (non-hydrogen) atoms. The lowest BCUT2D eigenvalue weighted by Crippen LogP contribution is -2.42. The minimum Gasteiger partial charge on any atom is -0.445 e. The zero-order valence-corrected chi connectivity index (χ0v) is 7.98. The van der Waals surface area contributed by atoms with Crippen LogP contribution in [0.4, 0.5) is 4.79 Å². The Balaban J connectivity index is 1.79. The number of hydrogen-bond acceptors (Lipinski definition) is 2. The molecule has 1 fully saturated rings. The molecule has 74 valence electrons. The number of nitrogens with zero attached hydrogens (tertiary/aromatic N) is 1. The molecule has 0 saturated carbocycles. The van der Waals surface area contributed by atoms with Gasteiger partial charge in [0, 0.05) is 13.1 Å². The molecular weight excluding hydrogens is 178 g/mol. The Labute approximate surface area is 83.3 Å². The van der Waals surface area contributed by atoms with Gasteiger partial charge >= 0.3 is 6.09 Å². The van der Waals surface area contributed by atoms with Gasteiger partial charge < -0.3 is 9.64 Å². The Morgan fingerprint density at radius 3 is 2.57 bits per heavy atom. The van der Waals surface area contributed by atoms with E-state index in [-0.39, 0.29) is 6.09 Å². The predicted octanol–water partition coefficient (Wildman–Crippen LogP) is 2.03. The molecule has 1 aliphatic heterocycles. The van der Waals surface area contributed by atoms with Crippen LogP contribution in [0.25, 0.3) is 0 Å². The lowest BCUT2D eigenvalue weighted by molar-refractivity contribution is 0.0755. The molecule has 1 aromatic rings. The van der Waals surface area contributed by atoms with Crippen LogP contribution >= 0.6 is 0 Å². The maximum Gasteiger partial charge on any atom is 0.410 e. The maximum atomic E-state index is 11.3. The van der Waals surface area contributed by atoms with Gasteiger partial charge in [0.15, 0.2) is 0 Å². The van der Waals surface area contributed by atoms with E-state index >= 15 is 0 Å². The Bertz CT molecular complexity index is 306. The Morgan fingerprint density at radius 2 is 2.00 bits per heavy atom. The SMILES string of the molecule is O=C(OCc1ccccc1)N1CCC1. The van der Waals surface area contributed by atoms with Crippen LogP contribution in [0, 0.1) is 0 Å². The molecule has 0 atom stereocenters. The molecule has 0 aliphatic carbocycles. The van der Waals surface area contributed by atoms with Crippen LogP contribution in [0.2, 0.25) is 0 Å². The highest BCUT2D eigenvalue weighted by Gasteiger charge is 2.21. The van der Waals surface area contributed by atoms with E-state index in [1.165, 1.54) is 0 Å². The summed E-state index contributed by atoms with van der Waals surface area (Å²) >= 11 is 0. The highest BCUT2D eigenvalue weighted by atomic mass is 16.6. The fourth-order valence-electron chi connectivity index (χ4n) is 1.31. The summed E-state index contributed by atoms with van der Waals surface area (Å²) in [6.45, 7) is 2.05. The van der Waals surface area contributed by atoms with Gasteiger partial charge in [-0.15, -0.1) is 0 Å². The highest BCUT2D eigenvalue weighted by Crippen LogP contribution is 2.09. The van der Waals surface area contributed by atoms with Crippen molar-refractivity contribution >= 4 is 6.09 Å². The molecule has 3 heteroatoms. The summed E-state index contributed by atoms with van der Waals surface area (Å²) in [5, 5.41) is 0. The number of carbonyl (C=O) groups is 1. The summed E-state index contributed by atoms with van der Waals surface area (Å²) < 4.78 is 5.12. The van der Waals surface area contributed by atoms with Crippen molar-refractivity contribution in [2.75, 3.05) is 13.1 Å². The molecule has 0 unspecified atom stereocenters. The normalized spacial score (nSPS) is 14.7. The number of ether oxygens (including phenoxy) is 1. The van der Waals surface area contributed by atoms with E-state index in [9.17, 15) is 4.79 Å². The van der Waals surface area contributed by atoms with Crippen molar-refractivity contribution in [1.29, 1.82) is 0 Å². The van der Waals surface area contributed by atoms with E-state index in [0.29, 0.717) is 6.61 Å². The topological polar surface area (TPSA) is 29.5 Å². The predicted molar refractivity (Wildman–Crippen MR) is 52.8 cm³/mol. The van der Waals surface area contributed by atoms with Gasteiger partial charge in [0.2, 0.25) is 0 Å². The van der Waals surface area contributed by atoms with Crippen molar-refractivity contribution in [3.63, 3.8) is 0 Å². The molecule has 0 spiro atoms. The molecule has 1 aromatic carbocycles. The largest absolute Gasteiger partial charge is 0.445 e. The number of hydrogen-bond donors (Lipinski definition) is 0. The van der Waals surface area contributed by atoms with Crippen LogP contribution < -0.4 is 0 Å². The molecule has 0 radical (unpaired) electrons. The standard InChI is InChI=1S/C11H13NO2/c13-11(12-7-4-8-12)14-9-10-5-2-1-3-6-10/h1-3,5-6H,4,7-9H2. The lowest BCUT2D eigenvalue weighted by atomic mass is 10.2. The third-order valence-electron chi connectivity index (χ3n) is 2.32. The van der Waals surface area contributed by atoms with Crippen molar-refractivity contribution < 1.29 is 9.53 Å². The van der Waals surface area contributed by atoms with Gasteiger partial charge in [0.1, 0.15) is 6.61 Å². The molecule has 3 nitrogen and oxygen atoms in total. The Hall–Kier alpha value is -1.51. The monoisotopic (exact) mass is 191 g/mol. The Morgan fingerprint density at radius 1 is 1.29 bits per heavy atom. The minimum absolute atomic E-state index is 0.194. The highest BCUT2D eigenvalue weighted by molar-refractivity contribution is 5.68. The first-order chi connectivity index (χ1) is 6.86. The molecule has 0 N–H and O–H groups in total. The first-order valence-electron chi connectivity index (χ1n) is 4.82. The van der Waals surface area contributed by atoms with E-state index in [0.717, 1.165) is 25.1 Å². The number of likely N-dealkylation sites (tertiary alicyclic amines) is 1. The zero-order chi connectivity index (χ0) is 9.80. The summed E-state index contributed by atoms with van der Waals surface area (Å²) in [4.78, 5) is 13.0. The first kappa shape index (κ1) is 9.06. The number of benzene rings is 1. The average molecular weight is 191 g/mol. The van der Waals surface area contributed by atoms with Crippen LogP contribution in [-0.4, -0.2) is 24.1 Å². The second-order valence-electron chi connectivity index (χ2n) is 3.38. The fourth-order valence-corrected chi connectivity index (χ4v) is 1.31. The van der Waals surface area contributed by atoms with E-state index < -0.39 is 0 Å². The number of amides is 1. The van der Waals surface area contributed by atoms with Crippen LogP contribution in [0.1, 0.15) is 12.0 Å². The van der Waals surface area contributed by atoms with Gasteiger partial charge in [0.05, 0.1) is 0 Å². The van der Waals surface area contributed by atoms with Crippen LogP contribution in [0.5, 0.6) is 0 Å². The smallest absolute Gasteiger partial charge is 0.410 e. The van der Waals surface area contributed by atoms with E-state index in [2.05, 4.69) is 0 Å². The molecule has 2 rings (SSSR count). The van der Waals surface area contributed by atoms with E-state index in [1.807, 2.05) is 30.3 Å². The van der Waals surface area contributed by atoms with Crippen molar-refractivity contribution in [3.05, 3.63) is 35.9 Å². The average Bonchev–Trinajstić information content (AvgIpc) is 2.14. The van der Waals surface area contributed by atoms with E-state index in [1.54, 1.807) is 4.90 Å². The van der Waals surface area contributed by atoms with Crippen molar-refractivity contribution in [3.8, 4) is 0 Å². The molecule has 0 aromatic heterocycles. The van der Waals surface area contributed by atoms with Gasteiger partial charge in [-0.05, 0) is 12.0 Å². The quantitative estimate of drug-likeness (QED) is 0.715. The van der Waals surface area contributed by atoms with Gasteiger partial charge in [-0.1, -0.05) is 30.3 Å². The lowest BCUT2D eigenvalue weighted by Gasteiger charge is -2.29.